The van der Waals surface area contributed by atoms with Crippen LogP contribution in [0, 0.1) is 19.8 Å². The van der Waals surface area contributed by atoms with Crippen molar-refractivity contribution >= 4 is 26.9 Å². The summed E-state index contributed by atoms with van der Waals surface area (Å²) in [5, 5.41) is 9.60. The van der Waals surface area contributed by atoms with Gasteiger partial charge in [0.15, 0.2) is 0 Å². The number of piperidine rings is 1. The van der Waals surface area contributed by atoms with Crippen LogP contribution in [-0.4, -0.2) is 42.3 Å². The zero-order valence-corrected chi connectivity index (χ0v) is 14.8. The number of hydrogen-bond acceptors (Lipinski definition) is 5. The van der Waals surface area contributed by atoms with Gasteiger partial charge in [0.2, 0.25) is 0 Å². The fraction of sp³-hybridized carbons (Fsp3) is 0.500. The van der Waals surface area contributed by atoms with E-state index in [1.54, 1.807) is 6.33 Å². The molecular formula is C16H23N5O2S. The van der Waals surface area contributed by atoms with Crippen LogP contribution in [0.25, 0.3) is 10.9 Å². The van der Waals surface area contributed by atoms with Gasteiger partial charge >= 0.3 is 0 Å². The Balaban J connectivity index is 1.68. The van der Waals surface area contributed by atoms with Crippen LogP contribution in [0.2, 0.25) is 0 Å². The molecule has 0 unspecified atom stereocenters. The Morgan fingerprint density at radius 1 is 1.21 bits per heavy atom. The maximum absolute atomic E-state index is 11.3. The Hall–Kier alpha value is -1.77. The Kier molecular flexibility index (Phi) is 4.71. The number of aryl methyl sites for hydroxylation is 2. The summed E-state index contributed by atoms with van der Waals surface area (Å²) in [6.07, 6.45) is 3.16. The highest BCUT2D eigenvalue weighted by Gasteiger charge is 2.25. The third-order valence-electron chi connectivity index (χ3n) is 4.74. The first kappa shape index (κ1) is 17.1. The van der Waals surface area contributed by atoms with Gasteiger partial charge in [0.25, 0.3) is 10.2 Å². The van der Waals surface area contributed by atoms with Gasteiger partial charge in [0.05, 0.1) is 5.52 Å². The maximum Gasteiger partial charge on any atom is 0.276 e. The average molecular weight is 349 g/mol. The van der Waals surface area contributed by atoms with Crippen LogP contribution in [0.5, 0.6) is 0 Å². The van der Waals surface area contributed by atoms with Gasteiger partial charge in [-0.3, -0.25) is 0 Å². The number of nitrogens with one attached hydrogen (secondary N) is 1. The Morgan fingerprint density at radius 3 is 2.54 bits per heavy atom. The Bertz CT molecular complexity index is 845. The first-order valence-electron chi connectivity index (χ1n) is 8.08. The molecule has 1 aromatic heterocycles. The van der Waals surface area contributed by atoms with E-state index in [-0.39, 0.29) is 0 Å². The van der Waals surface area contributed by atoms with Crippen molar-refractivity contribution in [3.05, 3.63) is 29.6 Å². The lowest BCUT2D eigenvalue weighted by Gasteiger charge is -2.30. The van der Waals surface area contributed by atoms with Crippen LogP contribution in [0.15, 0.2) is 18.5 Å². The van der Waals surface area contributed by atoms with Crippen molar-refractivity contribution in [1.82, 2.24) is 14.3 Å². The topological polar surface area (TPSA) is 101 Å². The summed E-state index contributed by atoms with van der Waals surface area (Å²) in [6.45, 7) is 5.87. The van der Waals surface area contributed by atoms with Crippen molar-refractivity contribution in [3.8, 4) is 0 Å². The number of aromatic nitrogens is 2. The zero-order chi connectivity index (χ0) is 17.3. The van der Waals surface area contributed by atoms with E-state index in [4.69, 9.17) is 5.14 Å². The number of anilines is 1. The fourth-order valence-corrected chi connectivity index (χ4v) is 3.79. The van der Waals surface area contributed by atoms with Crippen LogP contribution in [-0.2, 0) is 10.2 Å². The predicted molar refractivity (Wildman–Crippen MR) is 94.9 cm³/mol. The van der Waals surface area contributed by atoms with Gasteiger partial charge < -0.3 is 5.32 Å². The number of nitrogens with two attached hydrogens (primary N) is 1. The Labute approximate surface area is 142 Å². The van der Waals surface area contributed by atoms with Gasteiger partial charge in [-0.1, -0.05) is 0 Å². The molecule has 0 amide bonds. The van der Waals surface area contributed by atoms with E-state index in [1.807, 2.05) is 0 Å². The summed E-state index contributed by atoms with van der Waals surface area (Å²) < 4.78 is 24.0. The van der Waals surface area contributed by atoms with E-state index in [0.29, 0.717) is 19.0 Å². The number of nitrogens with zero attached hydrogens (tertiary/aromatic N) is 3. The highest BCUT2D eigenvalue weighted by atomic mass is 32.2. The Morgan fingerprint density at radius 2 is 1.88 bits per heavy atom. The monoisotopic (exact) mass is 349 g/mol. The molecule has 0 radical (unpaired) electrons. The predicted octanol–water partition coefficient (Wildman–Crippen LogP) is 1.57. The first-order chi connectivity index (χ1) is 11.3. The molecule has 0 atom stereocenters. The SMILES string of the molecule is Cc1cc2ncnc(NCC3CCN(S(N)(=O)=O)CC3)c2cc1C. The van der Waals surface area contributed by atoms with Crippen LogP contribution in [0.3, 0.4) is 0 Å². The summed E-state index contributed by atoms with van der Waals surface area (Å²) in [7, 11) is -3.56. The molecule has 0 spiro atoms. The molecule has 0 saturated carbocycles. The molecule has 1 aromatic carbocycles. The summed E-state index contributed by atoms with van der Waals surface area (Å²) in [6, 6.07) is 4.18. The van der Waals surface area contributed by atoms with Gasteiger partial charge in [-0.05, 0) is 55.9 Å². The molecule has 0 aliphatic carbocycles. The second-order valence-electron chi connectivity index (χ2n) is 6.44. The van der Waals surface area contributed by atoms with Crippen LogP contribution in [0.1, 0.15) is 24.0 Å². The first-order valence-corrected chi connectivity index (χ1v) is 9.58. The molecule has 2 heterocycles. The van der Waals surface area contributed by atoms with E-state index < -0.39 is 10.2 Å². The maximum atomic E-state index is 11.3. The molecule has 130 valence electrons. The summed E-state index contributed by atoms with van der Waals surface area (Å²) >= 11 is 0. The minimum Gasteiger partial charge on any atom is -0.369 e. The molecule has 7 nitrogen and oxygen atoms in total. The quantitative estimate of drug-likeness (QED) is 0.872. The van der Waals surface area contributed by atoms with E-state index >= 15 is 0 Å². The molecule has 1 aliphatic rings. The normalized spacial score (nSPS) is 17.3. The van der Waals surface area contributed by atoms with Gasteiger partial charge in [-0.25, -0.2) is 15.1 Å². The van der Waals surface area contributed by atoms with Crippen molar-refractivity contribution in [2.24, 2.45) is 11.1 Å². The number of hydrogen-bond donors (Lipinski definition) is 2. The minimum absolute atomic E-state index is 0.402. The van der Waals surface area contributed by atoms with E-state index in [9.17, 15) is 8.42 Å². The highest BCUT2D eigenvalue weighted by Crippen LogP contribution is 2.24. The van der Waals surface area contributed by atoms with Crippen molar-refractivity contribution in [1.29, 1.82) is 0 Å². The number of benzene rings is 1. The van der Waals surface area contributed by atoms with Crippen molar-refractivity contribution in [2.75, 3.05) is 25.0 Å². The third-order valence-corrected chi connectivity index (χ3v) is 5.83. The second-order valence-corrected chi connectivity index (χ2v) is 7.99. The second kappa shape index (κ2) is 6.62. The summed E-state index contributed by atoms with van der Waals surface area (Å²) in [5.74, 6) is 1.23. The summed E-state index contributed by atoms with van der Waals surface area (Å²) in [4.78, 5) is 8.70. The third kappa shape index (κ3) is 3.66. The molecule has 0 bridgehead atoms. The number of fused-ring (bicyclic) bond motifs is 1. The molecule has 8 heteroatoms. The molecule has 3 N–H and O–H groups in total. The molecule has 3 rings (SSSR count). The zero-order valence-electron chi connectivity index (χ0n) is 14.0. The van der Waals surface area contributed by atoms with Gasteiger partial charge in [-0.2, -0.15) is 12.7 Å². The van der Waals surface area contributed by atoms with E-state index in [0.717, 1.165) is 36.1 Å². The highest BCUT2D eigenvalue weighted by molar-refractivity contribution is 7.86. The largest absolute Gasteiger partial charge is 0.369 e. The summed E-state index contributed by atoms with van der Waals surface area (Å²) in [5.41, 5.74) is 3.35. The lowest BCUT2D eigenvalue weighted by Crippen LogP contribution is -2.43. The molecule has 24 heavy (non-hydrogen) atoms. The van der Waals surface area contributed by atoms with E-state index in [1.165, 1.54) is 15.4 Å². The van der Waals surface area contributed by atoms with Gasteiger partial charge in [-0.15, -0.1) is 0 Å². The molecule has 1 saturated heterocycles. The van der Waals surface area contributed by atoms with E-state index in [2.05, 4.69) is 41.3 Å². The molecule has 1 fully saturated rings. The van der Waals surface area contributed by atoms with Crippen LogP contribution < -0.4 is 10.5 Å². The average Bonchev–Trinajstić information content (AvgIpc) is 2.54. The van der Waals surface area contributed by atoms with Crippen LogP contribution >= 0.6 is 0 Å². The van der Waals surface area contributed by atoms with Gasteiger partial charge in [0.1, 0.15) is 12.1 Å². The van der Waals surface area contributed by atoms with Gasteiger partial charge in [0, 0.05) is 25.0 Å². The lowest BCUT2D eigenvalue weighted by atomic mass is 9.98. The van der Waals surface area contributed by atoms with Crippen molar-refractivity contribution in [2.45, 2.75) is 26.7 Å². The smallest absolute Gasteiger partial charge is 0.276 e. The minimum atomic E-state index is -3.56. The fourth-order valence-electron chi connectivity index (χ4n) is 3.07. The van der Waals surface area contributed by atoms with Crippen molar-refractivity contribution in [3.63, 3.8) is 0 Å². The standard InChI is InChI=1S/C16H23N5O2S/c1-11-7-14-15(8-12(11)2)19-10-20-16(14)18-9-13-3-5-21(6-4-13)24(17,22)23/h7-8,10,13H,3-6,9H2,1-2H3,(H2,17,22,23)(H,18,19,20). The van der Waals surface area contributed by atoms with Crippen molar-refractivity contribution < 1.29 is 8.42 Å². The lowest BCUT2D eigenvalue weighted by molar-refractivity contribution is 0.282. The molecular weight excluding hydrogens is 326 g/mol. The van der Waals surface area contributed by atoms with Crippen LogP contribution in [0.4, 0.5) is 5.82 Å². The number of rotatable bonds is 4. The molecule has 1 aliphatic heterocycles. The molecule has 2 aromatic rings.